The first kappa shape index (κ1) is 21.7. The highest BCUT2D eigenvalue weighted by Crippen LogP contribution is 2.35. The van der Waals surface area contributed by atoms with E-state index in [-0.39, 0.29) is 12.2 Å². The summed E-state index contributed by atoms with van der Waals surface area (Å²) < 4.78 is 22.3. The number of hydrogen-bond donors (Lipinski definition) is 0. The fourth-order valence-corrected chi connectivity index (χ4v) is 4.86. The summed E-state index contributed by atoms with van der Waals surface area (Å²) in [5, 5.41) is 0.986. The van der Waals surface area contributed by atoms with E-state index in [2.05, 4.69) is 19.8 Å². The number of amides is 1. The topological polar surface area (TPSA) is 89.5 Å². The third-order valence-corrected chi connectivity index (χ3v) is 6.67. The summed E-state index contributed by atoms with van der Waals surface area (Å²) in [6, 6.07) is 11.4. The van der Waals surface area contributed by atoms with E-state index in [9.17, 15) is 4.79 Å². The van der Waals surface area contributed by atoms with Crippen LogP contribution in [0.15, 0.2) is 42.7 Å². The molecule has 3 aliphatic rings. The lowest BCUT2D eigenvalue weighted by Crippen LogP contribution is -2.49. The smallest absolute Gasteiger partial charge is 0.414 e. The second kappa shape index (κ2) is 9.10. The second-order valence-corrected chi connectivity index (χ2v) is 8.81. The molecule has 2 aromatic carbocycles. The molecule has 0 bridgehead atoms. The highest BCUT2D eigenvalue weighted by molar-refractivity contribution is 5.91. The van der Waals surface area contributed by atoms with Crippen LogP contribution in [0.25, 0.3) is 10.9 Å². The molecule has 0 unspecified atom stereocenters. The van der Waals surface area contributed by atoms with Gasteiger partial charge in [0.1, 0.15) is 37.2 Å². The number of ether oxygens (including phenoxy) is 4. The van der Waals surface area contributed by atoms with Crippen LogP contribution < -0.4 is 24.0 Å². The lowest BCUT2D eigenvalue weighted by molar-refractivity contribution is 0.106. The van der Waals surface area contributed by atoms with Crippen molar-refractivity contribution in [3.05, 3.63) is 42.7 Å². The minimum absolute atomic E-state index is 0.189. The Labute approximate surface area is 203 Å². The van der Waals surface area contributed by atoms with E-state index in [0.29, 0.717) is 37.8 Å². The van der Waals surface area contributed by atoms with Crippen molar-refractivity contribution in [2.75, 3.05) is 69.4 Å². The second-order valence-electron chi connectivity index (χ2n) is 8.81. The molecule has 0 saturated carbocycles. The first-order valence-corrected chi connectivity index (χ1v) is 11.8. The summed E-state index contributed by atoms with van der Waals surface area (Å²) in [5.41, 5.74) is 1.66. The molecule has 3 aromatic rings. The van der Waals surface area contributed by atoms with E-state index in [1.807, 2.05) is 36.4 Å². The number of rotatable bonds is 5. The molecule has 1 amide bonds. The summed E-state index contributed by atoms with van der Waals surface area (Å²) in [6.45, 7) is 5.61. The number of fused-ring (bicyclic) bond motifs is 2. The van der Waals surface area contributed by atoms with Gasteiger partial charge in [0.2, 0.25) is 0 Å². The average Bonchev–Trinajstić information content (AvgIpc) is 3.27. The predicted molar refractivity (Wildman–Crippen MR) is 130 cm³/mol. The number of nitrogens with zero attached hydrogens (tertiary/aromatic N) is 5. The molecule has 0 radical (unpaired) electrons. The number of hydrogen-bond acceptors (Lipinski definition) is 9. The van der Waals surface area contributed by atoms with Gasteiger partial charge < -0.3 is 23.8 Å². The molecule has 10 nitrogen and oxygen atoms in total. The molecular formula is C25H27N5O5. The number of methoxy groups -OCH3 is 1. The number of aromatic nitrogens is 2. The summed E-state index contributed by atoms with van der Waals surface area (Å²) in [4.78, 5) is 27.8. The Kier molecular flexibility index (Phi) is 5.65. The zero-order chi connectivity index (χ0) is 23.8. The van der Waals surface area contributed by atoms with Crippen LogP contribution in [0, 0.1) is 0 Å². The number of piperazine rings is 1. The Morgan fingerprint density at radius 1 is 1.00 bits per heavy atom. The highest BCUT2D eigenvalue weighted by atomic mass is 16.6. The van der Waals surface area contributed by atoms with Crippen LogP contribution in [0.2, 0.25) is 0 Å². The number of cyclic esters (lactones) is 1. The maximum Gasteiger partial charge on any atom is 0.414 e. The van der Waals surface area contributed by atoms with Crippen molar-refractivity contribution >= 4 is 28.5 Å². The van der Waals surface area contributed by atoms with Crippen LogP contribution in [0.3, 0.4) is 0 Å². The van der Waals surface area contributed by atoms with Gasteiger partial charge in [-0.1, -0.05) is 0 Å². The van der Waals surface area contributed by atoms with E-state index in [1.165, 1.54) is 0 Å². The average molecular weight is 478 g/mol. The van der Waals surface area contributed by atoms with Crippen molar-refractivity contribution in [3.8, 4) is 17.2 Å². The van der Waals surface area contributed by atoms with Gasteiger partial charge in [0.15, 0.2) is 11.5 Å². The molecule has 10 heteroatoms. The molecular weight excluding hydrogens is 450 g/mol. The van der Waals surface area contributed by atoms with Gasteiger partial charge in [0.25, 0.3) is 0 Å². The molecule has 3 aliphatic heterocycles. The first-order chi connectivity index (χ1) is 17.2. The van der Waals surface area contributed by atoms with Gasteiger partial charge in [0.05, 0.1) is 24.9 Å². The van der Waals surface area contributed by atoms with E-state index in [1.54, 1.807) is 18.3 Å². The quantitative estimate of drug-likeness (QED) is 0.550. The van der Waals surface area contributed by atoms with Gasteiger partial charge >= 0.3 is 6.09 Å². The van der Waals surface area contributed by atoms with Crippen molar-refractivity contribution in [2.45, 2.75) is 6.10 Å². The standard InChI is InChI=1S/C25H27N5O5/c1-32-18-3-4-21-20(13-18)24(27-16-26-21)29-8-6-28(7-9-29)14-19-15-30(25(31)35-19)17-2-5-22-23(12-17)34-11-10-33-22/h2-5,12-13,16,19H,6-11,14-15H2,1H3/t19-/m1/s1. The molecule has 35 heavy (non-hydrogen) atoms. The van der Waals surface area contributed by atoms with Crippen LogP contribution in [0.1, 0.15) is 0 Å². The summed E-state index contributed by atoms with van der Waals surface area (Å²) >= 11 is 0. The molecule has 2 saturated heterocycles. The molecule has 0 aliphatic carbocycles. The minimum Gasteiger partial charge on any atom is -0.497 e. The van der Waals surface area contributed by atoms with Gasteiger partial charge in [0, 0.05) is 44.2 Å². The van der Waals surface area contributed by atoms with Crippen LogP contribution in [-0.2, 0) is 4.74 Å². The minimum atomic E-state index is -0.327. The normalized spacial score (nSPS) is 20.3. The maximum absolute atomic E-state index is 12.6. The number of carbonyl (C=O) groups excluding carboxylic acids is 1. The van der Waals surface area contributed by atoms with E-state index in [0.717, 1.165) is 54.3 Å². The molecule has 0 spiro atoms. The molecule has 2 fully saturated rings. The Hall–Kier alpha value is -3.79. The van der Waals surface area contributed by atoms with Gasteiger partial charge in [-0.15, -0.1) is 0 Å². The van der Waals surface area contributed by atoms with Crippen molar-refractivity contribution in [1.29, 1.82) is 0 Å². The molecule has 1 atom stereocenters. The molecule has 6 rings (SSSR count). The molecule has 4 heterocycles. The number of carbonyl (C=O) groups is 1. The van der Waals surface area contributed by atoms with E-state index in [4.69, 9.17) is 18.9 Å². The molecule has 0 N–H and O–H groups in total. The van der Waals surface area contributed by atoms with Crippen LogP contribution in [-0.4, -0.2) is 86.7 Å². The SMILES string of the molecule is COc1ccc2ncnc(N3CCN(C[C@@H]4CN(c5ccc6c(c5)OCCO6)C(=O)O4)CC3)c2c1. The monoisotopic (exact) mass is 477 g/mol. The summed E-state index contributed by atoms with van der Waals surface area (Å²) in [6.07, 6.45) is 1.10. The fourth-order valence-electron chi connectivity index (χ4n) is 4.86. The lowest BCUT2D eigenvalue weighted by Gasteiger charge is -2.36. The zero-order valence-electron chi connectivity index (χ0n) is 19.6. The third-order valence-electron chi connectivity index (χ3n) is 6.67. The van der Waals surface area contributed by atoms with Crippen LogP contribution in [0.5, 0.6) is 17.2 Å². The third kappa shape index (κ3) is 4.25. The number of anilines is 2. The Morgan fingerprint density at radius 3 is 2.66 bits per heavy atom. The Bertz CT molecular complexity index is 1250. The number of benzene rings is 2. The summed E-state index contributed by atoms with van der Waals surface area (Å²) in [5.74, 6) is 3.08. The van der Waals surface area contributed by atoms with Crippen LogP contribution >= 0.6 is 0 Å². The Balaban J connectivity index is 1.08. The van der Waals surface area contributed by atoms with Gasteiger partial charge in [-0.2, -0.15) is 0 Å². The fraction of sp³-hybridized carbons (Fsp3) is 0.400. The predicted octanol–water partition coefficient (Wildman–Crippen LogP) is 2.56. The lowest BCUT2D eigenvalue weighted by atomic mass is 10.2. The van der Waals surface area contributed by atoms with Gasteiger partial charge in [-0.3, -0.25) is 9.80 Å². The Morgan fingerprint density at radius 2 is 1.83 bits per heavy atom. The van der Waals surface area contributed by atoms with E-state index >= 15 is 0 Å². The molecule has 1 aromatic heterocycles. The van der Waals surface area contributed by atoms with Crippen LogP contribution in [0.4, 0.5) is 16.3 Å². The van der Waals surface area contributed by atoms with E-state index < -0.39 is 0 Å². The summed E-state index contributed by atoms with van der Waals surface area (Å²) in [7, 11) is 1.66. The van der Waals surface area contributed by atoms with Crippen molar-refractivity contribution in [2.24, 2.45) is 0 Å². The zero-order valence-corrected chi connectivity index (χ0v) is 19.6. The highest BCUT2D eigenvalue weighted by Gasteiger charge is 2.35. The van der Waals surface area contributed by atoms with Crippen molar-refractivity contribution < 1.29 is 23.7 Å². The van der Waals surface area contributed by atoms with Crippen molar-refractivity contribution in [1.82, 2.24) is 14.9 Å². The first-order valence-electron chi connectivity index (χ1n) is 11.8. The van der Waals surface area contributed by atoms with Gasteiger partial charge in [-0.25, -0.2) is 14.8 Å². The largest absolute Gasteiger partial charge is 0.497 e. The maximum atomic E-state index is 12.6. The molecule has 182 valence electrons. The van der Waals surface area contributed by atoms with Crippen molar-refractivity contribution in [3.63, 3.8) is 0 Å². The van der Waals surface area contributed by atoms with Gasteiger partial charge in [-0.05, 0) is 30.3 Å².